The summed E-state index contributed by atoms with van der Waals surface area (Å²) >= 11 is 5.91. The molecule has 6 heteroatoms. The first kappa shape index (κ1) is 15.3. The van der Waals surface area contributed by atoms with Crippen LogP contribution in [0.3, 0.4) is 0 Å². The minimum absolute atomic E-state index is 0.114. The standard InChI is InChI=1S/C15H14ClFN2O2/c16-11-6-2-4-8-13(11)19-15(21)18-9-14(20)10-5-1-3-7-12(10)17/h1-8,14,20H,9H2,(H2,18,19,21). The number of benzene rings is 2. The highest BCUT2D eigenvalue weighted by atomic mass is 35.5. The lowest BCUT2D eigenvalue weighted by Gasteiger charge is -2.14. The van der Waals surface area contributed by atoms with E-state index in [1.54, 1.807) is 30.3 Å². The third-order valence-electron chi connectivity index (χ3n) is 2.84. The molecule has 0 aromatic heterocycles. The molecule has 0 aliphatic carbocycles. The first-order valence-electron chi connectivity index (χ1n) is 6.30. The van der Waals surface area contributed by atoms with Gasteiger partial charge in [0.15, 0.2) is 0 Å². The summed E-state index contributed by atoms with van der Waals surface area (Å²) in [4.78, 5) is 11.7. The van der Waals surface area contributed by atoms with Gasteiger partial charge in [0.1, 0.15) is 5.82 Å². The number of hydrogen-bond acceptors (Lipinski definition) is 2. The van der Waals surface area contributed by atoms with Crippen molar-refractivity contribution < 1.29 is 14.3 Å². The van der Waals surface area contributed by atoms with Crippen LogP contribution in [0.2, 0.25) is 5.02 Å². The SMILES string of the molecule is O=C(NCC(O)c1ccccc1F)Nc1ccccc1Cl. The monoisotopic (exact) mass is 308 g/mol. The number of rotatable bonds is 4. The van der Waals surface area contributed by atoms with Crippen LogP contribution in [0.5, 0.6) is 0 Å². The van der Waals surface area contributed by atoms with E-state index in [4.69, 9.17) is 11.6 Å². The molecule has 0 radical (unpaired) electrons. The predicted octanol–water partition coefficient (Wildman–Crippen LogP) is 3.33. The van der Waals surface area contributed by atoms with Crippen molar-refractivity contribution in [3.8, 4) is 0 Å². The highest BCUT2D eigenvalue weighted by molar-refractivity contribution is 6.33. The second-order valence-electron chi connectivity index (χ2n) is 4.35. The molecule has 0 saturated carbocycles. The Bertz CT molecular complexity index is 637. The van der Waals surface area contributed by atoms with E-state index >= 15 is 0 Å². The molecule has 0 saturated heterocycles. The Morgan fingerprint density at radius 3 is 2.57 bits per heavy atom. The van der Waals surface area contributed by atoms with E-state index in [1.165, 1.54) is 18.2 Å². The number of carbonyl (C=O) groups is 1. The van der Waals surface area contributed by atoms with Crippen molar-refractivity contribution in [3.05, 3.63) is 64.9 Å². The van der Waals surface area contributed by atoms with Gasteiger partial charge < -0.3 is 15.7 Å². The highest BCUT2D eigenvalue weighted by Gasteiger charge is 2.13. The summed E-state index contributed by atoms with van der Waals surface area (Å²) in [7, 11) is 0. The number of hydrogen-bond donors (Lipinski definition) is 3. The Morgan fingerprint density at radius 1 is 1.19 bits per heavy atom. The fraction of sp³-hybridized carbons (Fsp3) is 0.133. The van der Waals surface area contributed by atoms with Crippen LogP contribution in [0.25, 0.3) is 0 Å². The van der Waals surface area contributed by atoms with E-state index in [9.17, 15) is 14.3 Å². The molecule has 3 N–H and O–H groups in total. The van der Waals surface area contributed by atoms with Crippen molar-refractivity contribution in [3.63, 3.8) is 0 Å². The first-order chi connectivity index (χ1) is 10.1. The molecular weight excluding hydrogens is 295 g/mol. The number of aliphatic hydroxyl groups is 1. The number of anilines is 1. The summed E-state index contributed by atoms with van der Waals surface area (Å²) in [5.74, 6) is -0.515. The van der Waals surface area contributed by atoms with Crippen LogP contribution in [0, 0.1) is 5.82 Å². The van der Waals surface area contributed by atoms with E-state index in [1.807, 2.05) is 0 Å². The predicted molar refractivity (Wildman–Crippen MR) is 79.8 cm³/mol. The molecule has 0 fully saturated rings. The van der Waals surface area contributed by atoms with Crippen LogP contribution in [-0.2, 0) is 0 Å². The lowest BCUT2D eigenvalue weighted by atomic mass is 10.1. The van der Waals surface area contributed by atoms with Crippen molar-refractivity contribution in [1.29, 1.82) is 0 Å². The minimum Gasteiger partial charge on any atom is -0.386 e. The molecule has 2 rings (SSSR count). The van der Waals surface area contributed by atoms with Crippen LogP contribution in [-0.4, -0.2) is 17.7 Å². The van der Waals surface area contributed by atoms with Crippen LogP contribution >= 0.6 is 11.6 Å². The Morgan fingerprint density at radius 2 is 1.86 bits per heavy atom. The van der Waals surface area contributed by atoms with Crippen LogP contribution in [0.15, 0.2) is 48.5 Å². The molecule has 0 bridgehead atoms. The molecule has 2 aromatic rings. The van der Waals surface area contributed by atoms with Gasteiger partial charge in [0, 0.05) is 12.1 Å². The average molecular weight is 309 g/mol. The first-order valence-corrected chi connectivity index (χ1v) is 6.67. The maximum Gasteiger partial charge on any atom is 0.319 e. The van der Waals surface area contributed by atoms with Crippen molar-refractivity contribution in [2.75, 3.05) is 11.9 Å². The Balaban J connectivity index is 1.90. The zero-order valence-electron chi connectivity index (χ0n) is 11.0. The fourth-order valence-electron chi connectivity index (χ4n) is 1.77. The number of carbonyl (C=O) groups excluding carboxylic acids is 1. The molecule has 0 aliphatic rings. The van der Waals surface area contributed by atoms with E-state index in [-0.39, 0.29) is 12.1 Å². The van der Waals surface area contributed by atoms with Gasteiger partial charge in [-0.1, -0.05) is 41.9 Å². The quantitative estimate of drug-likeness (QED) is 0.811. The van der Waals surface area contributed by atoms with Gasteiger partial charge in [-0.25, -0.2) is 9.18 Å². The zero-order valence-corrected chi connectivity index (χ0v) is 11.8. The number of para-hydroxylation sites is 1. The largest absolute Gasteiger partial charge is 0.386 e. The molecule has 0 heterocycles. The summed E-state index contributed by atoms with van der Waals surface area (Å²) in [6.45, 7) is -0.114. The van der Waals surface area contributed by atoms with Gasteiger partial charge in [-0.15, -0.1) is 0 Å². The van der Waals surface area contributed by atoms with E-state index in [0.717, 1.165) is 0 Å². The number of aliphatic hydroxyl groups excluding tert-OH is 1. The number of urea groups is 1. The summed E-state index contributed by atoms with van der Waals surface area (Å²) in [5, 5.41) is 15.3. The van der Waals surface area contributed by atoms with Gasteiger partial charge in [-0.2, -0.15) is 0 Å². The highest BCUT2D eigenvalue weighted by Crippen LogP contribution is 2.20. The molecular formula is C15H14ClFN2O2. The van der Waals surface area contributed by atoms with Crippen molar-refractivity contribution >= 4 is 23.3 Å². The lowest BCUT2D eigenvalue weighted by Crippen LogP contribution is -2.32. The number of halogens is 2. The van der Waals surface area contributed by atoms with Crippen molar-refractivity contribution in [2.45, 2.75) is 6.10 Å². The molecule has 21 heavy (non-hydrogen) atoms. The van der Waals surface area contributed by atoms with Gasteiger partial charge in [0.2, 0.25) is 0 Å². The average Bonchev–Trinajstić information content (AvgIpc) is 2.48. The third-order valence-corrected chi connectivity index (χ3v) is 3.17. The summed E-state index contributed by atoms with van der Waals surface area (Å²) < 4.78 is 13.5. The van der Waals surface area contributed by atoms with Gasteiger partial charge in [0.25, 0.3) is 0 Å². The van der Waals surface area contributed by atoms with E-state index < -0.39 is 18.0 Å². The van der Waals surface area contributed by atoms with Crippen molar-refractivity contribution in [2.24, 2.45) is 0 Å². The molecule has 1 atom stereocenters. The minimum atomic E-state index is -1.12. The number of amides is 2. The zero-order chi connectivity index (χ0) is 15.2. The molecule has 2 amide bonds. The van der Waals surface area contributed by atoms with Gasteiger partial charge in [-0.05, 0) is 18.2 Å². The van der Waals surface area contributed by atoms with Crippen LogP contribution in [0.1, 0.15) is 11.7 Å². The van der Waals surface area contributed by atoms with Gasteiger partial charge in [0.05, 0.1) is 16.8 Å². The molecule has 0 spiro atoms. The molecule has 4 nitrogen and oxygen atoms in total. The Hall–Kier alpha value is -2.11. The molecule has 1 unspecified atom stereocenters. The molecule has 0 aliphatic heterocycles. The molecule has 2 aromatic carbocycles. The number of nitrogens with one attached hydrogen (secondary N) is 2. The van der Waals surface area contributed by atoms with Gasteiger partial charge >= 0.3 is 6.03 Å². The second-order valence-corrected chi connectivity index (χ2v) is 4.76. The van der Waals surface area contributed by atoms with Crippen LogP contribution in [0.4, 0.5) is 14.9 Å². The van der Waals surface area contributed by atoms with Gasteiger partial charge in [-0.3, -0.25) is 0 Å². The van der Waals surface area contributed by atoms with Crippen LogP contribution < -0.4 is 10.6 Å². The lowest BCUT2D eigenvalue weighted by molar-refractivity contribution is 0.170. The fourth-order valence-corrected chi connectivity index (χ4v) is 1.96. The third kappa shape index (κ3) is 4.18. The van der Waals surface area contributed by atoms with E-state index in [2.05, 4.69) is 10.6 Å². The van der Waals surface area contributed by atoms with E-state index in [0.29, 0.717) is 10.7 Å². The summed E-state index contributed by atoms with van der Waals surface area (Å²) in [6, 6.07) is 12.1. The normalized spacial score (nSPS) is 11.8. The molecule has 110 valence electrons. The topological polar surface area (TPSA) is 61.4 Å². The van der Waals surface area contributed by atoms with Crippen molar-refractivity contribution in [1.82, 2.24) is 5.32 Å². The Labute approximate surface area is 126 Å². The maximum absolute atomic E-state index is 13.5. The summed E-state index contributed by atoms with van der Waals surface area (Å²) in [6.07, 6.45) is -1.12. The maximum atomic E-state index is 13.5. The smallest absolute Gasteiger partial charge is 0.319 e. The summed E-state index contributed by atoms with van der Waals surface area (Å²) in [5.41, 5.74) is 0.590. The second kappa shape index (κ2) is 7.06. The Kier molecular flexibility index (Phi) is 5.14.